The van der Waals surface area contributed by atoms with Gasteiger partial charge in [0.05, 0.1) is 3.79 Å². The summed E-state index contributed by atoms with van der Waals surface area (Å²) in [4.78, 5) is 19.7. The fourth-order valence-electron chi connectivity index (χ4n) is 2.13. The molecule has 0 aliphatic carbocycles. The van der Waals surface area contributed by atoms with Crippen molar-refractivity contribution in [2.24, 2.45) is 4.99 Å². The summed E-state index contributed by atoms with van der Waals surface area (Å²) in [6, 6.07) is 4.18. The van der Waals surface area contributed by atoms with Crippen molar-refractivity contribution in [1.82, 2.24) is 15.5 Å². The molecule has 0 bridgehead atoms. The quantitative estimate of drug-likeness (QED) is 0.493. The van der Waals surface area contributed by atoms with Gasteiger partial charge in [-0.25, -0.2) is 0 Å². The Kier molecular flexibility index (Phi) is 9.94. The number of guanidine groups is 1. The summed E-state index contributed by atoms with van der Waals surface area (Å²) >= 11 is 5.21. The van der Waals surface area contributed by atoms with E-state index in [1.807, 2.05) is 25.7 Å². The van der Waals surface area contributed by atoms with E-state index >= 15 is 0 Å². The normalized spacial score (nSPS) is 11.4. The van der Waals surface area contributed by atoms with E-state index in [2.05, 4.69) is 43.7 Å². The molecule has 0 radical (unpaired) electrons. The van der Waals surface area contributed by atoms with Gasteiger partial charge < -0.3 is 15.5 Å². The zero-order valence-corrected chi connectivity index (χ0v) is 16.6. The van der Waals surface area contributed by atoms with Gasteiger partial charge in [0, 0.05) is 50.4 Å². The zero-order chi connectivity index (χ0) is 17.1. The number of aliphatic imine (C=N–C) groups is 1. The topological polar surface area (TPSA) is 56.7 Å². The van der Waals surface area contributed by atoms with Crippen LogP contribution in [0.2, 0.25) is 0 Å². The molecule has 0 saturated heterocycles. The molecule has 5 nitrogen and oxygen atoms in total. The van der Waals surface area contributed by atoms with Crippen LogP contribution in [0.15, 0.2) is 20.9 Å². The third-order valence-electron chi connectivity index (χ3n) is 3.35. The molecule has 1 aromatic heterocycles. The Bertz CT molecular complexity index is 500. The second kappa shape index (κ2) is 11.5. The standard InChI is InChI=1S/C16H27BrN4OS/c1-4-18-16(19-11-9-13-7-8-14(17)23-13)20-12-10-15(22)21(5-2)6-3/h7-8H,4-6,9-12H2,1-3H3,(H2,18,19,20). The lowest BCUT2D eigenvalue weighted by atomic mass is 10.3. The monoisotopic (exact) mass is 402 g/mol. The first kappa shape index (κ1) is 20.0. The number of amides is 1. The second-order valence-electron chi connectivity index (χ2n) is 4.96. The number of hydrogen-bond acceptors (Lipinski definition) is 3. The van der Waals surface area contributed by atoms with Crippen molar-refractivity contribution < 1.29 is 4.79 Å². The zero-order valence-electron chi connectivity index (χ0n) is 14.2. The first-order valence-corrected chi connectivity index (χ1v) is 9.75. The molecule has 0 aliphatic heterocycles. The Morgan fingerprint density at radius 1 is 1.26 bits per heavy atom. The summed E-state index contributed by atoms with van der Waals surface area (Å²) in [7, 11) is 0. The Morgan fingerprint density at radius 2 is 2.00 bits per heavy atom. The van der Waals surface area contributed by atoms with Crippen LogP contribution in [-0.4, -0.2) is 49.5 Å². The molecule has 7 heteroatoms. The van der Waals surface area contributed by atoms with E-state index in [0.717, 1.165) is 42.3 Å². The fourth-order valence-corrected chi connectivity index (χ4v) is 3.60. The molecule has 23 heavy (non-hydrogen) atoms. The van der Waals surface area contributed by atoms with Gasteiger partial charge in [0.1, 0.15) is 0 Å². The molecule has 0 spiro atoms. The molecule has 2 N–H and O–H groups in total. The largest absolute Gasteiger partial charge is 0.357 e. The van der Waals surface area contributed by atoms with Crippen LogP contribution in [0.25, 0.3) is 0 Å². The van der Waals surface area contributed by atoms with E-state index < -0.39 is 0 Å². The van der Waals surface area contributed by atoms with Gasteiger partial charge in [0.2, 0.25) is 5.91 Å². The summed E-state index contributed by atoms with van der Waals surface area (Å²) in [5, 5.41) is 6.44. The molecule has 0 saturated carbocycles. The third-order valence-corrected chi connectivity index (χ3v) is 5.03. The average Bonchev–Trinajstić information content (AvgIpc) is 2.94. The minimum Gasteiger partial charge on any atom is -0.357 e. The molecule has 1 rings (SSSR count). The van der Waals surface area contributed by atoms with Crippen LogP contribution in [-0.2, 0) is 11.2 Å². The highest BCUT2D eigenvalue weighted by Gasteiger charge is 2.09. The maximum absolute atomic E-state index is 12.0. The maximum atomic E-state index is 12.0. The summed E-state index contributed by atoms with van der Waals surface area (Å²) in [5.74, 6) is 0.956. The Morgan fingerprint density at radius 3 is 2.57 bits per heavy atom. The molecule has 1 amide bonds. The molecule has 0 unspecified atom stereocenters. The van der Waals surface area contributed by atoms with Crippen molar-refractivity contribution in [3.8, 4) is 0 Å². The minimum absolute atomic E-state index is 0.182. The number of carbonyl (C=O) groups excluding carboxylic acids is 1. The lowest BCUT2D eigenvalue weighted by molar-refractivity contribution is -0.130. The van der Waals surface area contributed by atoms with E-state index in [-0.39, 0.29) is 5.91 Å². The number of halogens is 1. The molecule has 0 aromatic carbocycles. The predicted octanol–water partition coefficient (Wildman–Crippen LogP) is 2.87. The summed E-state index contributed by atoms with van der Waals surface area (Å²) in [6.07, 6.45) is 1.41. The van der Waals surface area contributed by atoms with Crippen LogP contribution in [0.5, 0.6) is 0 Å². The Labute approximate surface area is 151 Å². The van der Waals surface area contributed by atoms with Gasteiger partial charge >= 0.3 is 0 Å². The average molecular weight is 403 g/mol. The number of carbonyl (C=O) groups is 1. The first-order valence-electron chi connectivity index (χ1n) is 8.14. The molecular weight excluding hydrogens is 376 g/mol. The van der Waals surface area contributed by atoms with Crippen LogP contribution in [0.4, 0.5) is 0 Å². The van der Waals surface area contributed by atoms with Crippen molar-refractivity contribution >= 4 is 39.1 Å². The third kappa shape index (κ3) is 7.83. The van der Waals surface area contributed by atoms with Crippen LogP contribution in [0.1, 0.15) is 32.1 Å². The van der Waals surface area contributed by atoms with Gasteiger partial charge in [-0.15, -0.1) is 11.3 Å². The smallest absolute Gasteiger partial charge is 0.224 e. The van der Waals surface area contributed by atoms with E-state index in [0.29, 0.717) is 13.0 Å². The molecule has 0 aliphatic rings. The van der Waals surface area contributed by atoms with Gasteiger partial charge in [-0.2, -0.15) is 0 Å². The van der Waals surface area contributed by atoms with Gasteiger partial charge in [-0.05, 0) is 48.8 Å². The van der Waals surface area contributed by atoms with Crippen LogP contribution < -0.4 is 10.6 Å². The van der Waals surface area contributed by atoms with Gasteiger partial charge in [0.15, 0.2) is 5.96 Å². The minimum atomic E-state index is 0.182. The number of hydrogen-bond donors (Lipinski definition) is 2. The van der Waals surface area contributed by atoms with Crippen LogP contribution in [0.3, 0.4) is 0 Å². The summed E-state index contributed by atoms with van der Waals surface area (Å²) < 4.78 is 1.15. The fraction of sp³-hybridized carbons (Fsp3) is 0.625. The van der Waals surface area contributed by atoms with E-state index in [4.69, 9.17) is 0 Å². The molecular formula is C16H27BrN4OS. The highest BCUT2D eigenvalue weighted by molar-refractivity contribution is 9.11. The maximum Gasteiger partial charge on any atom is 0.224 e. The second-order valence-corrected chi connectivity index (χ2v) is 7.51. The lowest BCUT2D eigenvalue weighted by Crippen LogP contribution is -2.40. The van der Waals surface area contributed by atoms with E-state index in [1.165, 1.54) is 4.88 Å². The Hall–Kier alpha value is -1.08. The SMILES string of the molecule is CCNC(=NCCc1ccc(Br)s1)NCCC(=O)N(CC)CC. The van der Waals surface area contributed by atoms with Crippen molar-refractivity contribution in [3.63, 3.8) is 0 Å². The van der Waals surface area contributed by atoms with Crippen molar-refractivity contribution in [2.45, 2.75) is 33.6 Å². The molecule has 0 fully saturated rings. The number of nitrogens with zero attached hydrogens (tertiary/aromatic N) is 2. The molecule has 1 aromatic rings. The van der Waals surface area contributed by atoms with Crippen molar-refractivity contribution in [1.29, 1.82) is 0 Å². The van der Waals surface area contributed by atoms with Crippen molar-refractivity contribution in [3.05, 3.63) is 20.8 Å². The van der Waals surface area contributed by atoms with Crippen LogP contribution >= 0.6 is 27.3 Å². The lowest BCUT2D eigenvalue weighted by Gasteiger charge is -2.19. The van der Waals surface area contributed by atoms with E-state index in [9.17, 15) is 4.79 Å². The summed E-state index contributed by atoms with van der Waals surface area (Å²) in [6.45, 7) is 9.71. The summed E-state index contributed by atoms with van der Waals surface area (Å²) in [5.41, 5.74) is 0. The molecule has 130 valence electrons. The number of nitrogens with one attached hydrogen (secondary N) is 2. The van der Waals surface area contributed by atoms with Crippen LogP contribution in [0, 0.1) is 0 Å². The first-order chi connectivity index (χ1) is 11.1. The van der Waals surface area contributed by atoms with Gasteiger partial charge in [-0.3, -0.25) is 9.79 Å². The highest BCUT2D eigenvalue weighted by atomic mass is 79.9. The number of thiophene rings is 1. The molecule has 0 atom stereocenters. The van der Waals surface area contributed by atoms with Gasteiger partial charge in [0.25, 0.3) is 0 Å². The van der Waals surface area contributed by atoms with E-state index in [1.54, 1.807) is 11.3 Å². The number of rotatable bonds is 9. The van der Waals surface area contributed by atoms with Crippen molar-refractivity contribution in [2.75, 3.05) is 32.7 Å². The Balaban J connectivity index is 2.38. The predicted molar refractivity (Wildman–Crippen MR) is 102 cm³/mol. The van der Waals surface area contributed by atoms with Gasteiger partial charge in [-0.1, -0.05) is 0 Å². The molecule has 1 heterocycles. The highest BCUT2D eigenvalue weighted by Crippen LogP contribution is 2.22.